The molecule has 0 atom stereocenters. The van der Waals surface area contributed by atoms with Crippen LogP contribution in [0.25, 0.3) is 0 Å². The molecule has 2 rings (SSSR count). The van der Waals surface area contributed by atoms with Gasteiger partial charge in [0.1, 0.15) is 5.02 Å². The molecule has 5 nitrogen and oxygen atoms in total. The average molecular weight is 257 g/mol. The number of hydrogen-bond donors (Lipinski definition) is 2. The molecule has 3 N–H and O–H groups in total. The van der Waals surface area contributed by atoms with Crippen molar-refractivity contribution in [2.24, 2.45) is 5.73 Å². The Bertz CT molecular complexity index is 393. The summed E-state index contributed by atoms with van der Waals surface area (Å²) in [6.07, 6.45) is 6.00. The van der Waals surface area contributed by atoms with Crippen LogP contribution in [-0.2, 0) is 0 Å². The van der Waals surface area contributed by atoms with Gasteiger partial charge >= 0.3 is 6.01 Å². The number of ether oxygens (including phenoxy) is 1. The summed E-state index contributed by atoms with van der Waals surface area (Å²) in [5, 5.41) is 3.85. The van der Waals surface area contributed by atoms with E-state index in [-0.39, 0.29) is 5.54 Å². The van der Waals surface area contributed by atoms with Crippen LogP contribution in [0.3, 0.4) is 0 Å². The molecule has 1 fully saturated rings. The van der Waals surface area contributed by atoms with Gasteiger partial charge < -0.3 is 15.8 Å². The van der Waals surface area contributed by atoms with Crippen molar-refractivity contribution in [2.75, 3.05) is 19.0 Å². The third-order valence-electron chi connectivity index (χ3n) is 3.24. The SMILES string of the molecule is COc1ncc(Cl)c(NC2(CN)CCCC2)n1. The first-order valence-electron chi connectivity index (χ1n) is 5.74. The average Bonchev–Trinajstić information content (AvgIpc) is 2.81. The minimum absolute atomic E-state index is 0.0804. The van der Waals surface area contributed by atoms with E-state index in [9.17, 15) is 0 Å². The maximum atomic E-state index is 6.07. The zero-order valence-electron chi connectivity index (χ0n) is 9.87. The molecule has 1 saturated carbocycles. The van der Waals surface area contributed by atoms with E-state index in [4.69, 9.17) is 22.1 Å². The number of aromatic nitrogens is 2. The molecule has 94 valence electrons. The fraction of sp³-hybridized carbons (Fsp3) is 0.636. The standard InChI is InChI=1S/C11H17ClN4O/c1-17-10-14-6-8(12)9(15-10)16-11(7-13)4-2-3-5-11/h6H,2-5,7,13H2,1H3,(H,14,15,16). The second-order valence-corrected chi connectivity index (χ2v) is 4.78. The van der Waals surface area contributed by atoms with E-state index in [0.29, 0.717) is 23.4 Å². The molecule has 6 heteroatoms. The number of nitrogens with two attached hydrogens (primary N) is 1. The smallest absolute Gasteiger partial charge is 0.318 e. The van der Waals surface area contributed by atoms with E-state index < -0.39 is 0 Å². The van der Waals surface area contributed by atoms with Gasteiger partial charge in [-0.3, -0.25) is 0 Å². The summed E-state index contributed by atoms with van der Waals surface area (Å²) in [4.78, 5) is 8.16. The van der Waals surface area contributed by atoms with E-state index in [1.54, 1.807) is 0 Å². The molecule has 0 aliphatic heterocycles. The van der Waals surface area contributed by atoms with Crippen molar-refractivity contribution in [3.8, 4) is 6.01 Å². The second kappa shape index (κ2) is 5.06. The number of nitrogens with zero attached hydrogens (tertiary/aromatic N) is 2. The quantitative estimate of drug-likeness (QED) is 0.860. The van der Waals surface area contributed by atoms with Crippen LogP contribution in [0, 0.1) is 0 Å². The van der Waals surface area contributed by atoms with Gasteiger partial charge in [0.15, 0.2) is 5.82 Å². The van der Waals surface area contributed by atoms with Gasteiger partial charge in [0, 0.05) is 6.54 Å². The summed E-state index contributed by atoms with van der Waals surface area (Å²) in [7, 11) is 1.53. The first-order valence-corrected chi connectivity index (χ1v) is 6.12. The molecule has 0 spiro atoms. The van der Waals surface area contributed by atoms with Gasteiger partial charge in [-0.05, 0) is 12.8 Å². The fourth-order valence-corrected chi connectivity index (χ4v) is 2.36. The lowest BCUT2D eigenvalue weighted by molar-refractivity contribution is 0.379. The molecule has 0 amide bonds. The molecule has 17 heavy (non-hydrogen) atoms. The highest BCUT2D eigenvalue weighted by Crippen LogP contribution is 2.33. The number of methoxy groups -OCH3 is 1. The summed E-state index contributed by atoms with van der Waals surface area (Å²) in [5.41, 5.74) is 5.78. The molecule has 0 saturated heterocycles. The molecule has 1 aliphatic rings. The molecule has 0 unspecified atom stereocenters. The highest BCUT2D eigenvalue weighted by Gasteiger charge is 2.33. The minimum Gasteiger partial charge on any atom is -0.467 e. The normalized spacial score (nSPS) is 18.1. The van der Waals surface area contributed by atoms with Gasteiger partial charge in [-0.1, -0.05) is 24.4 Å². The number of anilines is 1. The van der Waals surface area contributed by atoms with Gasteiger partial charge in [-0.15, -0.1) is 0 Å². The maximum Gasteiger partial charge on any atom is 0.318 e. The molecule has 0 bridgehead atoms. The lowest BCUT2D eigenvalue weighted by atomic mass is 9.98. The fourth-order valence-electron chi connectivity index (χ4n) is 2.22. The topological polar surface area (TPSA) is 73.1 Å². The van der Waals surface area contributed by atoms with Crippen molar-refractivity contribution in [3.05, 3.63) is 11.2 Å². The predicted molar refractivity (Wildman–Crippen MR) is 67.5 cm³/mol. The van der Waals surface area contributed by atoms with Gasteiger partial charge in [0.05, 0.1) is 18.8 Å². The van der Waals surface area contributed by atoms with Crippen LogP contribution in [-0.4, -0.2) is 29.2 Å². The highest BCUT2D eigenvalue weighted by atomic mass is 35.5. The number of rotatable bonds is 4. The summed E-state index contributed by atoms with van der Waals surface area (Å²) in [5.74, 6) is 0.603. The van der Waals surface area contributed by atoms with Crippen molar-refractivity contribution in [3.63, 3.8) is 0 Å². The first-order chi connectivity index (χ1) is 8.19. The minimum atomic E-state index is -0.0804. The van der Waals surface area contributed by atoms with E-state index in [1.165, 1.54) is 26.1 Å². The largest absolute Gasteiger partial charge is 0.467 e. The first kappa shape index (κ1) is 12.4. The number of halogens is 1. The van der Waals surface area contributed by atoms with Crippen LogP contribution in [0.4, 0.5) is 5.82 Å². The lowest BCUT2D eigenvalue weighted by Gasteiger charge is -2.29. The zero-order valence-corrected chi connectivity index (χ0v) is 10.6. The zero-order chi connectivity index (χ0) is 12.3. The Morgan fingerprint density at radius 1 is 1.53 bits per heavy atom. The molecule has 0 radical (unpaired) electrons. The molecular formula is C11H17ClN4O. The van der Waals surface area contributed by atoms with Gasteiger partial charge in [-0.2, -0.15) is 4.98 Å². The molecule has 1 aliphatic carbocycles. The van der Waals surface area contributed by atoms with Crippen molar-refractivity contribution in [2.45, 2.75) is 31.2 Å². The van der Waals surface area contributed by atoms with E-state index in [2.05, 4.69) is 15.3 Å². The van der Waals surface area contributed by atoms with Gasteiger partial charge in [0.2, 0.25) is 0 Å². The Kier molecular flexibility index (Phi) is 3.69. The van der Waals surface area contributed by atoms with E-state index >= 15 is 0 Å². The Morgan fingerprint density at radius 3 is 2.82 bits per heavy atom. The molecule has 1 aromatic rings. The predicted octanol–water partition coefficient (Wildman–Crippen LogP) is 1.82. The molecule has 0 aromatic carbocycles. The van der Waals surface area contributed by atoms with Crippen LogP contribution in [0.15, 0.2) is 6.20 Å². The van der Waals surface area contributed by atoms with Crippen LogP contribution >= 0.6 is 11.6 Å². The third kappa shape index (κ3) is 2.61. The number of nitrogens with one attached hydrogen (secondary N) is 1. The van der Waals surface area contributed by atoms with Gasteiger partial charge in [0.25, 0.3) is 0 Å². The van der Waals surface area contributed by atoms with Crippen LogP contribution in [0.1, 0.15) is 25.7 Å². The Hall–Kier alpha value is -1.07. The number of hydrogen-bond acceptors (Lipinski definition) is 5. The molecular weight excluding hydrogens is 240 g/mol. The second-order valence-electron chi connectivity index (χ2n) is 4.37. The maximum absolute atomic E-state index is 6.07. The van der Waals surface area contributed by atoms with Crippen molar-refractivity contribution in [1.82, 2.24) is 9.97 Å². The summed E-state index contributed by atoms with van der Waals surface area (Å²) >= 11 is 6.07. The Labute approximate surface area is 106 Å². The van der Waals surface area contributed by atoms with Crippen LogP contribution in [0.2, 0.25) is 5.02 Å². The van der Waals surface area contributed by atoms with Crippen LogP contribution in [0.5, 0.6) is 6.01 Å². The summed E-state index contributed by atoms with van der Waals surface area (Å²) in [6, 6.07) is 0.307. The Morgan fingerprint density at radius 2 is 2.24 bits per heavy atom. The van der Waals surface area contributed by atoms with Crippen molar-refractivity contribution >= 4 is 17.4 Å². The highest BCUT2D eigenvalue weighted by molar-refractivity contribution is 6.32. The molecule has 1 heterocycles. The lowest BCUT2D eigenvalue weighted by Crippen LogP contribution is -2.43. The molecule has 1 aromatic heterocycles. The summed E-state index contributed by atoms with van der Waals surface area (Å²) in [6.45, 7) is 0.579. The third-order valence-corrected chi connectivity index (χ3v) is 3.52. The van der Waals surface area contributed by atoms with E-state index in [1.807, 2.05) is 0 Å². The summed E-state index contributed by atoms with van der Waals surface area (Å²) < 4.78 is 4.99. The van der Waals surface area contributed by atoms with E-state index in [0.717, 1.165) is 12.8 Å². The van der Waals surface area contributed by atoms with Crippen LogP contribution < -0.4 is 15.8 Å². The monoisotopic (exact) mass is 256 g/mol. The van der Waals surface area contributed by atoms with Gasteiger partial charge in [-0.25, -0.2) is 4.98 Å². The van der Waals surface area contributed by atoms with Crippen molar-refractivity contribution in [1.29, 1.82) is 0 Å². The van der Waals surface area contributed by atoms with Crippen molar-refractivity contribution < 1.29 is 4.74 Å². The Balaban J connectivity index is 2.22.